The zero-order valence-corrected chi connectivity index (χ0v) is 11.7. The summed E-state index contributed by atoms with van der Waals surface area (Å²) >= 11 is 0. The molecule has 2 N–H and O–H groups in total. The van der Waals surface area contributed by atoms with Crippen LogP contribution in [0.3, 0.4) is 0 Å². The second-order valence-electron chi connectivity index (χ2n) is 4.04. The number of hydrogen-bond acceptors (Lipinski definition) is 5. The Morgan fingerprint density at radius 2 is 2.11 bits per heavy atom. The molecule has 112 valence electrons. The zero-order valence-electron chi connectivity index (χ0n) is 10.9. The Balaban J connectivity index is 2.49. The molecule has 0 aromatic rings. The van der Waals surface area contributed by atoms with Crippen molar-refractivity contribution in [2.45, 2.75) is 19.4 Å². The van der Waals surface area contributed by atoms with Gasteiger partial charge in [-0.25, -0.2) is 0 Å². The van der Waals surface area contributed by atoms with Gasteiger partial charge in [0.15, 0.2) is 0 Å². The van der Waals surface area contributed by atoms with Crippen LogP contribution in [0.15, 0.2) is 0 Å². The number of nitrogens with one attached hydrogen (secondary N) is 1. The van der Waals surface area contributed by atoms with E-state index in [0.29, 0.717) is 32.9 Å². The van der Waals surface area contributed by atoms with Crippen LogP contribution < -0.4 is 4.72 Å². The first-order valence-corrected chi connectivity index (χ1v) is 7.55. The molecule has 1 saturated heterocycles. The maximum absolute atomic E-state index is 11.9. The first kappa shape index (κ1) is 16.3. The third kappa shape index (κ3) is 5.83. The summed E-state index contributed by atoms with van der Waals surface area (Å²) in [4.78, 5) is 10.6. The lowest BCUT2D eigenvalue weighted by Crippen LogP contribution is -2.48. The molecule has 0 amide bonds. The predicted molar refractivity (Wildman–Crippen MR) is 67.0 cm³/mol. The number of hydrogen-bond donors (Lipinski definition) is 2. The number of morpholine rings is 1. The van der Waals surface area contributed by atoms with Gasteiger partial charge in [-0.15, -0.1) is 0 Å². The van der Waals surface area contributed by atoms with Crippen LogP contribution in [0.1, 0.15) is 13.3 Å². The van der Waals surface area contributed by atoms with Crippen LogP contribution in [-0.2, 0) is 24.5 Å². The molecule has 1 unspecified atom stereocenters. The Bertz CT molecular complexity index is 379. The maximum Gasteiger partial charge on any atom is 0.306 e. The molecule has 1 aliphatic rings. The van der Waals surface area contributed by atoms with Gasteiger partial charge in [0.2, 0.25) is 0 Å². The van der Waals surface area contributed by atoms with Gasteiger partial charge in [-0.3, -0.25) is 4.79 Å². The second kappa shape index (κ2) is 7.75. The van der Waals surface area contributed by atoms with Crippen LogP contribution in [0.4, 0.5) is 0 Å². The Morgan fingerprint density at radius 3 is 2.63 bits per heavy atom. The van der Waals surface area contributed by atoms with E-state index in [1.165, 1.54) is 4.31 Å². The fourth-order valence-electron chi connectivity index (χ4n) is 1.70. The van der Waals surface area contributed by atoms with Crippen LogP contribution in [-0.4, -0.2) is 69.4 Å². The summed E-state index contributed by atoms with van der Waals surface area (Å²) in [6, 6.07) is 0. The van der Waals surface area contributed by atoms with E-state index in [-0.39, 0.29) is 13.0 Å². The molecule has 0 radical (unpaired) electrons. The largest absolute Gasteiger partial charge is 0.481 e. The molecule has 1 heterocycles. The summed E-state index contributed by atoms with van der Waals surface area (Å²) in [5.74, 6) is -1.02. The molecule has 0 aromatic carbocycles. The first-order valence-electron chi connectivity index (χ1n) is 6.11. The minimum Gasteiger partial charge on any atom is -0.481 e. The minimum absolute atomic E-state index is 0.0557. The molecular formula is C10H20N2O6S. The minimum atomic E-state index is -3.60. The number of aliphatic carboxylic acids is 1. The molecule has 1 rings (SSSR count). The number of nitrogens with zero attached hydrogens (tertiary/aromatic N) is 1. The van der Waals surface area contributed by atoms with Crippen molar-refractivity contribution in [1.82, 2.24) is 9.03 Å². The molecule has 19 heavy (non-hydrogen) atoms. The van der Waals surface area contributed by atoms with Gasteiger partial charge < -0.3 is 14.6 Å². The fourth-order valence-corrected chi connectivity index (χ4v) is 2.91. The summed E-state index contributed by atoms with van der Waals surface area (Å²) < 4.78 is 37.8. The van der Waals surface area contributed by atoms with Crippen LogP contribution in [0, 0.1) is 0 Å². The molecule has 0 aliphatic carbocycles. The van der Waals surface area contributed by atoms with Crippen LogP contribution in [0.5, 0.6) is 0 Å². The normalized spacial score (nSPS) is 19.2. The Hall–Kier alpha value is -0.740. The quantitative estimate of drug-likeness (QED) is 0.597. The van der Waals surface area contributed by atoms with E-state index in [4.69, 9.17) is 14.6 Å². The summed E-state index contributed by atoms with van der Waals surface area (Å²) in [5, 5.41) is 8.70. The highest BCUT2D eigenvalue weighted by molar-refractivity contribution is 7.87. The van der Waals surface area contributed by atoms with E-state index in [0.717, 1.165) is 0 Å². The number of carboxylic acid groups (broad SMARTS) is 1. The lowest BCUT2D eigenvalue weighted by Gasteiger charge is -2.27. The van der Waals surface area contributed by atoms with Gasteiger partial charge in [0.05, 0.1) is 25.7 Å². The first-order chi connectivity index (χ1) is 8.95. The SMILES string of the molecule is CCOC(CNS(=O)(=O)N1CCOCC1)CC(=O)O. The van der Waals surface area contributed by atoms with Gasteiger partial charge in [0.1, 0.15) is 0 Å². The van der Waals surface area contributed by atoms with Gasteiger partial charge in [-0.05, 0) is 6.92 Å². The van der Waals surface area contributed by atoms with Gasteiger partial charge in [0, 0.05) is 26.2 Å². The highest BCUT2D eigenvalue weighted by atomic mass is 32.2. The fraction of sp³-hybridized carbons (Fsp3) is 0.900. The molecule has 8 nitrogen and oxygen atoms in total. The third-order valence-electron chi connectivity index (χ3n) is 2.61. The van der Waals surface area contributed by atoms with E-state index in [9.17, 15) is 13.2 Å². The highest BCUT2D eigenvalue weighted by Gasteiger charge is 2.25. The topological polar surface area (TPSA) is 105 Å². The molecule has 0 spiro atoms. The van der Waals surface area contributed by atoms with E-state index >= 15 is 0 Å². The third-order valence-corrected chi connectivity index (χ3v) is 4.18. The Kier molecular flexibility index (Phi) is 6.66. The van der Waals surface area contributed by atoms with E-state index < -0.39 is 22.3 Å². The van der Waals surface area contributed by atoms with Crippen LogP contribution in [0.2, 0.25) is 0 Å². The van der Waals surface area contributed by atoms with Gasteiger partial charge in [-0.2, -0.15) is 17.4 Å². The number of carboxylic acids is 1. The molecule has 1 fully saturated rings. The molecular weight excluding hydrogens is 276 g/mol. The summed E-state index contributed by atoms with van der Waals surface area (Å²) in [7, 11) is -3.60. The van der Waals surface area contributed by atoms with Crippen molar-refractivity contribution in [2.24, 2.45) is 0 Å². The van der Waals surface area contributed by atoms with Crippen molar-refractivity contribution < 1.29 is 27.8 Å². The predicted octanol–water partition coefficient (Wildman–Crippen LogP) is -0.967. The summed E-state index contributed by atoms with van der Waals surface area (Å²) in [5.41, 5.74) is 0. The van der Waals surface area contributed by atoms with Gasteiger partial charge in [0.25, 0.3) is 10.2 Å². The average Bonchev–Trinajstić information content (AvgIpc) is 2.37. The summed E-state index contributed by atoms with van der Waals surface area (Å²) in [6.45, 7) is 3.33. The highest BCUT2D eigenvalue weighted by Crippen LogP contribution is 2.04. The van der Waals surface area contributed by atoms with E-state index in [1.54, 1.807) is 6.92 Å². The summed E-state index contributed by atoms with van der Waals surface area (Å²) in [6.07, 6.45) is -0.905. The molecule has 1 aliphatic heterocycles. The van der Waals surface area contributed by atoms with Crippen molar-refractivity contribution >= 4 is 16.2 Å². The molecule has 9 heteroatoms. The lowest BCUT2D eigenvalue weighted by molar-refractivity contribution is -0.140. The smallest absolute Gasteiger partial charge is 0.306 e. The van der Waals surface area contributed by atoms with Crippen molar-refractivity contribution in [3.05, 3.63) is 0 Å². The van der Waals surface area contributed by atoms with Crippen molar-refractivity contribution in [3.63, 3.8) is 0 Å². The van der Waals surface area contributed by atoms with Crippen molar-refractivity contribution in [2.75, 3.05) is 39.5 Å². The van der Waals surface area contributed by atoms with Crippen LogP contribution >= 0.6 is 0 Å². The van der Waals surface area contributed by atoms with E-state index in [1.807, 2.05) is 0 Å². The maximum atomic E-state index is 11.9. The molecule has 1 atom stereocenters. The standard InChI is InChI=1S/C10H20N2O6S/c1-2-18-9(7-10(13)14)8-11-19(15,16)12-3-5-17-6-4-12/h9,11H,2-8H2,1H3,(H,13,14). The molecule has 0 aromatic heterocycles. The second-order valence-corrected chi connectivity index (χ2v) is 5.80. The molecule has 0 saturated carbocycles. The Morgan fingerprint density at radius 1 is 1.47 bits per heavy atom. The average molecular weight is 296 g/mol. The van der Waals surface area contributed by atoms with Crippen molar-refractivity contribution in [1.29, 1.82) is 0 Å². The number of ether oxygens (including phenoxy) is 2. The van der Waals surface area contributed by atoms with Crippen molar-refractivity contribution in [3.8, 4) is 0 Å². The Labute approximate surface area is 112 Å². The molecule has 0 bridgehead atoms. The number of rotatable bonds is 8. The van der Waals surface area contributed by atoms with Gasteiger partial charge >= 0.3 is 5.97 Å². The van der Waals surface area contributed by atoms with Crippen LogP contribution in [0.25, 0.3) is 0 Å². The monoisotopic (exact) mass is 296 g/mol. The van der Waals surface area contributed by atoms with Gasteiger partial charge in [-0.1, -0.05) is 0 Å². The lowest BCUT2D eigenvalue weighted by atomic mass is 10.2. The zero-order chi connectivity index (χ0) is 14.3. The van der Waals surface area contributed by atoms with E-state index in [2.05, 4.69) is 4.72 Å². The number of carbonyl (C=O) groups is 1.